The standard InChI is InChI=1S/C26H22F3N3O4/c1-31(21-7-5-15(27)11-18(21)28)26(33)32(2)22-8-6-16(12-19(22)29)36-23-9-10-30-20-14-25(35-4)24(34-3)13-17(20)23/h5-14H,1-4H3. The maximum absolute atomic E-state index is 15.0. The number of nitrogens with zero attached hydrogens (tertiary/aromatic N) is 3. The van der Waals surface area contributed by atoms with E-state index in [-0.39, 0.29) is 17.1 Å². The number of urea groups is 1. The van der Waals surface area contributed by atoms with Crippen molar-refractivity contribution in [1.29, 1.82) is 0 Å². The number of hydrogen-bond acceptors (Lipinski definition) is 5. The molecule has 0 radical (unpaired) electrons. The fraction of sp³-hybridized carbons (Fsp3) is 0.154. The second-order valence-corrected chi connectivity index (χ2v) is 7.75. The molecule has 1 heterocycles. The first-order chi connectivity index (χ1) is 17.2. The molecule has 186 valence electrons. The second-order valence-electron chi connectivity index (χ2n) is 7.75. The van der Waals surface area contributed by atoms with Gasteiger partial charge in [0.25, 0.3) is 0 Å². The van der Waals surface area contributed by atoms with Crippen molar-refractivity contribution in [2.45, 2.75) is 0 Å². The zero-order valence-corrected chi connectivity index (χ0v) is 19.9. The fourth-order valence-corrected chi connectivity index (χ4v) is 3.67. The molecule has 36 heavy (non-hydrogen) atoms. The van der Waals surface area contributed by atoms with E-state index < -0.39 is 23.5 Å². The molecule has 1 aromatic heterocycles. The number of aromatic nitrogens is 1. The molecule has 0 bridgehead atoms. The predicted molar refractivity (Wildman–Crippen MR) is 130 cm³/mol. The van der Waals surface area contributed by atoms with E-state index in [0.29, 0.717) is 34.2 Å². The normalized spacial score (nSPS) is 10.8. The highest BCUT2D eigenvalue weighted by atomic mass is 19.1. The number of hydrogen-bond donors (Lipinski definition) is 0. The van der Waals surface area contributed by atoms with Gasteiger partial charge in [-0.1, -0.05) is 0 Å². The van der Waals surface area contributed by atoms with Crippen molar-refractivity contribution >= 4 is 28.3 Å². The summed E-state index contributed by atoms with van der Waals surface area (Å²) in [5.41, 5.74) is 0.376. The summed E-state index contributed by atoms with van der Waals surface area (Å²) in [6, 6.07) is 11.1. The van der Waals surface area contributed by atoms with Gasteiger partial charge in [-0.15, -0.1) is 0 Å². The van der Waals surface area contributed by atoms with Crippen LogP contribution >= 0.6 is 0 Å². The Morgan fingerprint density at radius 3 is 2.00 bits per heavy atom. The second kappa shape index (κ2) is 10.0. The van der Waals surface area contributed by atoms with Crippen molar-refractivity contribution in [3.05, 3.63) is 78.2 Å². The topological polar surface area (TPSA) is 64.1 Å². The first-order valence-electron chi connectivity index (χ1n) is 10.7. The summed E-state index contributed by atoms with van der Waals surface area (Å²) in [4.78, 5) is 19.1. The summed E-state index contributed by atoms with van der Waals surface area (Å²) in [5, 5.41) is 0.620. The molecular weight excluding hydrogens is 475 g/mol. The molecule has 3 aromatic carbocycles. The number of carbonyl (C=O) groups is 1. The average Bonchev–Trinajstić information content (AvgIpc) is 2.87. The fourth-order valence-electron chi connectivity index (χ4n) is 3.67. The van der Waals surface area contributed by atoms with E-state index in [2.05, 4.69) is 4.98 Å². The van der Waals surface area contributed by atoms with Crippen molar-refractivity contribution in [3.8, 4) is 23.0 Å². The van der Waals surface area contributed by atoms with Crippen LogP contribution in [0, 0.1) is 17.5 Å². The molecule has 0 aliphatic carbocycles. The molecule has 4 rings (SSSR count). The summed E-state index contributed by atoms with van der Waals surface area (Å²) in [6.45, 7) is 0. The highest BCUT2D eigenvalue weighted by Gasteiger charge is 2.23. The van der Waals surface area contributed by atoms with Crippen LogP contribution in [0.15, 0.2) is 60.8 Å². The van der Waals surface area contributed by atoms with Gasteiger partial charge < -0.3 is 14.2 Å². The number of anilines is 2. The van der Waals surface area contributed by atoms with Gasteiger partial charge in [-0.2, -0.15) is 0 Å². The van der Waals surface area contributed by atoms with Crippen LogP contribution < -0.4 is 24.0 Å². The number of halogens is 3. The molecule has 7 nitrogen and oxygen atoms in total. The van der Waals surface area contributed by atoms with E-state index in [0.717, 1.165) is 28.0 Å². The largest absolute Gasteiger partial charge is 0.493 e. The van der Waals surface area contributed by atoms with Crippen molar-refractivity contribution in [1.82, 2.24) is 4.98 Å². The summed E-state index contributed by atoms with van der Waals surface area (Å²) >= 11 is 0. The van der Waals surface area contributed by atoms with E-state index in [9.17, 15) is 13.6 Å². The van der Waals surface area contributed by atoms with Crippen LogP contribution in [0.3, 0.4) is 0 Å². The first kappa shape index (κ1) is 24.6. The van der Waals surface area contributed by atoms with Gasteiger partial charge in [0.15, 0.2) is 17.3 Å². The summed E-state index contributed by atoms with van der Waals surface area (Å²) in [7, 11) is 5.68. The highest BCUT2D eigenvalue weighted by Crippen LogP contribution is 2.37. The summed E-state index contributed by atoms with van der Waals surface area (Å²) in [5.74, 6) is -0.862. The number of fused-ring (bicyclic) bond motifs is 1. The summed E-state index contributed by atoms with van der Waals surface area (Å²) in [6.07, 6.45) is 1.55. The minimum atomic E-state index is -0.915. The Morgan fingerprint density at radius 2 is 1.39 bits per heavy atom. The molecule has 10 heteroatoms. The van der Waals surface area contributed by atoms with Crippen LogP contribution in [0.5, 0.6) is 23.0 Å². The third-order valence-electron chi connectivity index (χ3n) is 5.56. The van der Waals surface area contributed by atoms with Crippen LogP contribution in [0.4, 0.5) is 29.3 Å². The van der Waals surface area contributed by atoms with E-state index in [1.165, 1.54) is 40.4 Å². The Hall–Kier alpha value is -4.47. The minimum absolute atomic E-state index is 0.0623. The van der Waals surface area contributed by atoms with Crippen LogP contribution in [0.25, 0.3) is 10.9 Å². The monoisotopic (exact) mass is 497 g/mol. The van der Waals surface area contributed by atoms with E-state index in [1.807, 2.05) is 0 Å². The van der Waals surface area contributed by atoms with Gasteiger partial charge in [-0.25, -0.2) is 18.0 Å². The molecule has 0 unspecified atom stereocenters. The molecule has 0 N–H and O–H groups in total. The number of amides is 2. The maximum Gasteiger partial charge on any atom is 0.328 e. The van der Waals surface area contributed by atoms with Gasteiger partial charge in [0, 0.05) is 43.9 Å². The Morgan fingerprint density at radius 1 is 0.778 bits per heavy atom. The van der Waals surface area contributed by atoms with Crippen LogP contribution in [-0.4, -0.2) is 39.3 Å². The Kier molecular flexibility index (Phi) is 6.86. The zero-order chi connectivity index (χ0) is 26.0. The van der Waals surface area contributed by atoms with E-state index in [4.69, 9.17) is 14.2 Å². The molecule has 0 aliphatic heterocycles. The minimum Gasteiger partial charge on any atom is -0.493 e. The van der Waals surface area contributed by atoms with Gasteiger partial charge in [-0.3, -0.25) is 14.8 Å². The number of benzene rings is 3. The molecule has 0 aliphatic rings. The molecule has 4 aromatic rings. The smallest absolute Gasteiger partial charge is 0.328 e. The lowest BCUT2D eigenvalue weighted by Gasteiger charge is -2.25. The number of rotatable bonds is 6. The first-order valence-corrected chi connectivity index (χ1v) is 10.7. The van der Waals surface area contributed by atoms with Gasteiger partial charge in [0.05, 0.1) is 31.1 Å². The SMILES string of the molecule is COc1cc2nccc(Oc3ccc(N(C)C(=O)N(C)c4ccc(F)cc4F)c(F)c3)c2cc1OC. The Balaban J connectivity index is 1.59. The summed E-state index contributed by atoms with van der Waals surface area (Å²) < 4.78 is 58.9. The lowest BCUT2D eigenvalue weighted by Crippen LogP contribution is -2.39. The van der Waals surface area contributed by atoms with Gasteiger partial charge in [-0.05, 0) is 36.4 Å². The van der Waals surface area contributed by atoms with Crippen LogP contribution in [0.2, 0.25) is 0 Å². The Labute approximate surface area is 205 Å². The quantitative estimate of drug-likeness (QED) is 0.320. The Bertz CT molecular complexity index is 1450. The number of carbonyl (C=O) groups excluding carboxylic acids is 1. The number of pyridine rings is 1. The molecule has 0 saturated heterocycles. The molecular formula is C26H22F3N3O4. The third-order valence-corrected chi connectivity index (χ3v) is 5.56. The molecule has 0 fully saturated rings. The van der Waals surface area contributed by atoms with E-state index in [1.54, 1.807) is 24.4 Å². The van der Waals surface area contributed by atoms with Gasteiger partial charge in [0.2, 0.25) is 0 Å². The lowest BCUT2D eigenvalue weighted by atomic mass is 10.2. The van der Waals surface area contributed by atoms with Gasteiger partial charge >= 0.3 is 6.03 Å². The maximum atomic E-state index is 15.0. The molecule has 0 saturated carbocycles. The lowest BCUT2D eigenvalue weighted by molar-refractivity contribution is 0.253. The molecule has 0 spiro atoms. The van der Waals surface area contributed by atoms with Crippen molar-refractivity contribution in [2.24, 2.45) is 0 Å². The molecule has 0 atom stereocenters. The van der Waals surface area contributed by atoms with Crippen LogP contribution in [-0.2, 0) is 0 Å². The predicted octanol–water partition coefficient (Wildman–Crippen LogP) is 6.15. The van der Waals surface area contributed by atoms with Crippen LogP contribution in [0.1, 0.15) is 0 Å². The van der Waals surface area contributed by atoms with Crippen molar-refractivity contribution in [2.75, 3.05) is 38.1 Å². The van der Waals surface area contributed by atoms with Crippen molar-refractivity contribution < 1.29 is 32.2 Å². The highest BCUT2D eigenvalue weighted by molar-refractivity contribution is 6.03. The van der Waals surface area contributed by atoms with Crippen molar-refractivity contribution in [3.63, 3.8) is 0 Å². The number of methoxy groups -OCH3 is 2. The third kappa shape index (κ3) is 4.70. The number of ether oxygens (including phenoxy) is 3. The zero-order valence-electron chi connectivity index (χ0n) is 19.9. The van der Waals surface area contributed by atoms with Gasteiger partial charge in [0.1, 0.15) is 23.1 Å². The molecule has 2 amide bonds. The van der Waals surface area contributed by atoms with E-state index >= 15 is 4.39 Å². The average molecular weight is 497 g/mol.